The highest BCUT2D eigenvalue weighted by molar-refractivity contribution is 7.09. The number of aromatic nitrogens is 1. The van der Waals surface area contributed by atoms with Gasteiger partial charge in [0.2, 0.25) is 0 Å². The van der Waals surface area contributed by atoms with Crippen LogP contribution < -0.4 is 5.73 Å². The molecule has 0 spiro atoms. The van der Waals surface area contributed by atoms with Gasteiger partial charge in [-0.1, -0.05) is 30.3 Å². The molecule has 2 aromatic rings. The monoisotopic (exact) mass is 218 g/mol. The van der Waals surface area contributed by atoms with Crippen molar-refractivity contribution in [1.82, 2.24) is 4.98 Å². The Morgan fingerprint density at radius 3 is 2.73 bits per heavy atom. The highest BCUT2D eigenvalue weighted by Gasteiger charge is 2.06. The number of thiazole rings is 1. The summed E-state index contributed by atoms with van der Waals surface area (Å²) in [5.74, 6) is 0. The van der Waals surface area contributed by atoms with Crippen molar-refractivity contribution < 1.29 is 0 Å². The van der Waals surface area contributed by atoms with E-state index in [0.29, 0.717) is 0 Å². The van der Waals surface area contributed by atoms with Gasteiger partial charge in [0.25, 0.3) is 0 Å². The standard InChI is InChI=1S/C12H14N2S/c13-11(10-4-2-1-3-5-10)6-7-12-14-8-9-15-12/h1-5,8-9,11H,6-7,13H2. The summed E-state index contributed by atoms with van der Waals surface area (Å²) in [5, 5.41) is 3.17. The molecular weight excluding hydrogens is 204 g/mol. The summed E-state index contributed by atoms with van der Waals surface area (Å²) < 4.78 is 0. The first-order valence-electron chi connectivity index (χ1n) is 5.05. The molecule has 0 aliphatic heterocycles. The largest absolute Gasteiger partial charge is 0.324 e. The lowest BCUT2D eigenvalue weighted by Crippen LogP contribution is -2.10. The summed E-state index contributed by atoms with van der Waals surface area (Å²) in [6.07, 6.45) is 3.76. The van der Waals surface area contributed by atoms with Crippen LogP contribution in [0.2, 0.25) is 0 Å². The van der Waals surface area contributed by atoms with Crippen LogP contribution in [0.3, 0.4) is 0 Å². The fourth-order valence-electron chi connectivity index (χ4n) is 1.52. The fourth-order valence-corrected chi connectivity index (χ4v) is 2.16. The molecule has 1 heterocycles. The Balaban J connectivity index is 1.90. The molecule has 0 saturated heterocycles. The van der Waals surface area contributed by atoms with Crippen molar-refractivity contribution in [2.75, 3.05) is 0 Å². The van der Waals surface area contributed by atoms with E-state index in [1.165, 1.54) is 10.6 Å². The lowest BCUT2D eigenvalue weighted by molar-refractivity contribution is 0.650. The van der Waals surface area contributed by atoms with Crippen LogP contribution in [0, 0.1) is 0 Å². The molecule has 1 aromatic carbocycles. The molecular formula is C12H14N2S. The van der Waals surface area contributed by atoms with Gasteiger partial charge in [0.1, 0.15) is 0 Å². The van der Waals surface area contributed by atoms with Crippen LogP contribution in [0.4, 0.5) is 0 Å². The Labute approximate surface area is 93.8 Å². The maximum Gasteiger partial charge on any atom is 0.0925 e. The Morgan fingerprint density at radius 2 is 2.07 bits per heavy atom. The van der Waals surface area contributed by atoms with Crippen molar-refractivity contribution in [3.63, 3.8) is 0 Å². The van der Waals surface area contributed by atoms with Gasteiger partial charge >= 0.3 is 0 Å². The van der Waals surface area contributed by atoms with Gasteiger partial charge in [-0.25, -0.2) is 4.98 Å². The number of hydrogen-bond acceptors (Lipinski definition) is 3. The molecule has 0 amide bonds. The third-order valence-corrected chi connectivity index (χ3v) is 3.22. The van der Waals surface area contributed by atoms with Crippen molar-refractivity contribution >= 4 is 11.3 Å². The number of aryl methyl sites for hydroxylation is 1. The average molecular weight is 218 g/mol. The Kier molecular flexibility index (Phi) is 3.48. The summed E-state index contributed by atoms with van der Waals surface area (Å²) in [5.41, 5.74) is 7.29. The van der Waals surface area contributed by atoms with Gasteiger partial charge < -0.3 is 5.73 Å². The van der Waals surface area contributed by atoms with E-state index in [1.807, 2.05) is 29.8 Å². The summed E-state index contributed by atoms with van der Waals surface area (Å²) >= 11 is 1.69. The van der Waals surface area contributed by atoms with Crippen molar-refractivity contribution in [3.05, 3.63) is 52.5 Å². The van der Waals surface area contributed by atoms with Crippen LogP contribution in [-0.2, 0) is 6.42 Å². The lowest BCUT2D eigenvalue weighted by atomic mass is 10.0. The maximum atomic E-state index is 6.09. The van der Waals surface area contributed by atoms with Gasteiger partial charge in [0, 0.05) is 24.0 Å². The summed E-state index contributed by atoms with van der Waals surface area (Å²) in [6, 6.07) is 10.3. The molecule has 2 rings (SSSR count). The molecule has 0 bridgehead atoms. The van der Waals surface area contributed by atoms with Crippen molar-refractivity contribution in [1.29, 1.82) is 0 Å². The second kappa shape index (κ2) is 5.05. The fraction of sp³-hybridized carbons (Fsp3) is 0.250. The smallest absolute Gasteiger partial charge is 0.0925 e. The second-order valence-electron chi connectivity index (χ2n) is 3.48. The molecule has 2 N–H and O–H groups in total. The van der Waals surface area contributed by atoms with E-state index in [9.17, 15) is 0 Å². The third kappa shape index (κ3) is 2.88. The zero-order valence-electron chi connectivity index (χ0n) is 8.47. The Morgan fingerprint density at radius 1 is 1.27 bits per heavy atom. The van der Waals surface area contributed by atoms with Gasteiger partial charge in [-0.05, 0) is 12.0 Å². The predicted octanol–water partition coefficient (Wildman–Crippen LogP) is 2.78. The van der Waals surface area contributed by atoms with E-state index in [1.54, 1.807) is 11.3 Å². The third-order valence-electron chi connectivity index (χ3n) is 2.38. The molecule has 0 saturated carbocycles. The molecule has 1 unspecified atom stereocenters. The van der Waals surface area contributed by atoms with Crippen molar-refractivity contribution in [3.8, 4) is 0 Å². The van der Waals surface area contributed by atoms with Gasteiger partial charge in [-0.3, -0.25) is 0 Å². The van der Waals surface area contributed by atoms with Crippen LogP contribution in [0.15, 0.2) is 41.9 Å². The minimum Gasteiger partial charge on any atom is -0.324 e. The van der Waals surface area contributed by atoms with Crippen LogP contribution in [0.25, 0.3) is 0 Å². The van der Waals surface area contributed by atoms with Crippen LogP contribution >= 0.6 is 11.3 Å². The van der Waals surface area contributed by atoms with E-state index < -0.39 is 0 Å². The SMILES string of the molecule is NC(CCc1nccs1)c1ccccc1. The maximum absolute atomic E-state index is 6.09. The Hall–Kier alpha value is -1.19. The normalized spacial score (nSPS) is 12.6. The molecule has 2 nitrogen and oxygen atoms in total. The summed E-state index contributed by atoms with van der Waals surface area (Å²) in [4.78, 5) is 4.24. The second-order valence-corrected chi connectivity index (χ2v) is 4.46. The van der Waals surface area contributed by atoms with Gasteiger partial charge in [-0.2, -0.15) is 0 Å². The minimum atomic E-state index is 0.120. The van der Waals surface area contributed by atoms with Crippen molar-refractivity contribution in [2.24, 2.45) is 5.73 Å². The minimum absolute atomic E-state index is 0.120. The number of nitrogens with two attached hydrogens (primary N) is 1. The molecule has 0 fully saturated rings. The van der Waals surface area contributed by atoms with Gasteiger partial charge in [-0.15, -0.1) is 11.3 Å². The predicted molar refractivity (Wildman–Crippen MR) is 63.8 cm³/mol. The molecule has 78 valence electrons. The molecule has 0 radical (unpaired) electrons. The van der Waals surface area contributed by atoms with Crippen LogP contribution in [0.1, 0.15) is 23.0 Å². The van der Waals surface area contributed by atoms with Gasteiger partial charge in [0.05, 0.1) is 5.01 Å². The number of hydrogen-bond donors (Lipinski definition) is 1. The number of nitrogens with zero attached hydrogens (tertiary/aromatic N) is 1. The van der Waals surface area contributed by atoms with E-state index in [2.05, 4.69) is 17.1 Å². The first kappa shape index (κ1) is 10.3. The summed E-state index contributed by atoms with van der Waals surface area (Å²) in [7, 11) is 0. The molecule has 0 aliphatic carbocycles. The van der Waals surface area contributed by atoms with E-state index in [0.717, 1.165) is 12.8 Å². The van der Waals surface area contributed by atoms with E-state index >= 15 is 0 Å². The quantitative estimate of drug-likeness (QED) is 0.857. The lowest BCUT2D eigenvalue weighted by Gasteiger charge is -2.10. The highest BCUT2D eigenvalue weighted by Crippen LogP contribution is 2.17. The first-order valence-corrected chi connectivity index (χ1v) is 5.93. The van der Waals surface area contributed by atoms with Crippen LogP contribution in [-0.4, -0.2) is 4.98 Å². The van der Waals surface area contributed by atoms with E-state index in [4.69, 9.17) is 5.73 Å². The highest BCUT2D eigenvalue weighted by atomic mass is 32.1. The molecule has 3 heteroatoms. The van der Waals surface area contributed by atoms with Gasteiger partial charge in [0.15, 0.2) is 0 Å². The number of benzene rings is 1. The molecule has 1 aromatic heterocycles. The Bertz CT molecular complexity index is 383. The molecule has 0 aliphatic rings. The van der Waals surface area contributed by atoms with Crippen LogP contribution in [0.5, 0.6) is 0 Å². The zero-order chi connectivity index (χ0) is 10.5. The molecule has 15 heavy (non-hydrogen) atoms. The number of rotatable bonds is 4. The summed E-state index contributed by atoms with van der Waals surface area (Å²) in [6.45, 7) is 0. The zero-order valence-corrected chi connectivity index (χ0v) is 9.28. The average Bonchev–Trinajstić information content (AvgIpc) is 2.80. The first-order chi connectivity index (χ1) is 7.36. The topological polar surface area (TPSA) is 38.9 Å². The van der Waals surface area contributed by atoms with E-state index in [-0.39, 0.29) is 6.04 Å². The molecule has 1 atom stereocenters. The van der Waals surface area contributed by atoms with Crippen molar-refractivity contribution in [2.45, 2.75) is 18.9 Å².